The van der Waals surface area contributed by atoms with Gasteiger partial charge >= 0.3 is 0 Å². The molecule has 0 saturated heterocycles. The van der Waals surface area contributed by atoms with Gasteiger partial charge in [0.2, 0.25) is 5.91 Å². The molecule has 0 aliphatic rings. The highest BCUT2D eigenvalue weighted by Crippen LogP contribution is 2.15. The molecule has 1 aromatic heterocycles. The van der Waals surface area contributed by atoms with Crippen LogP contribution in [0, 0.1) is 0 Å². The Labute approximate surface area is 125 Å². The Bertz CT molecular complexity index is 583. The summed E-state index contributed by atoms with van der Waals surface area (Å²) in [6.45, 7) is 4.90. The number of imidazole rings is 1. The third-order valence-electron chi connectivity index (χ3n) is 3.25. The second-order valence-electron chi connectivity index (χ2n) is 5.23. The maximum atomic E-state index is 11.7. The van der Waals surface area contributed by atoms with Crippen molar-refractivity contribution in [3.05, 3.63) is 59.7 Å². The summed E-state index contributed by atoms with van der Waals surface area (Å²) in [5, 5.41) is 2.84. The molecule has 0 aliphatic carbocycles. The highest BCUT2D eigenvalue weighted by atomic mass is 16.1. The summed E-state index contributed by atoms with van der Waals surface area (Å²) in [4.78, 5) is 18.8. The minimum absolute atomic E-state index is 0.0884. The third-order valence-corrected chi connectivity index (χ3v) is 3.25. The Morgan fingerprint density at radius 1 is 1.33 bits per heavy atom. The quantitative estimate of drug-likeness (QED) is 0.801. The van der Waals surface area contributed by atoms with E-state index in [1.165, 1.54) is 5.56 Å². The van der Waals surface area contributed by atoms with Gasteiger partial charge in [-0.05, 0) is 23.1 Å². The normalized spacial score (nSPS) is 11.2. The smallest absolute Gasteiger partial charge is 0.244 e. The molecule has 0 fully saturated rings. The first-order valence-electron chi connectivity index (χ1n) is 7.19. The summed E-state index contributed by atoms with van der Waals surface area (Å²) in [7, 11) is 0. The number of rotatable bonds is 6. The van der Waals surface area contributed by atoms with Crippen molar-refractivity contribution in [3.8, 4) is 0 Å². The Kier molecular flexibility index (Phi) is 5.32. The van der Waals surface area contributed by atoms with Crippen LogP contribution < -0.4 is 5.32 Å². The van der Waals surface area contributed by atoms with Crippen molar-refractivity contribution in [3.63, 3.8) is 0 Å². The monoisotopic (exact) mass is 283 g/mol. The van der Waals surface area contributed by atoms with Gasteiger partial charge in [-0.2, -0.15) is 0 Å². The van der Waals surface area contributed by atoms with Gasteiger partial charge in [-0.3, -0.25) is 4.79 Å². The van der Waals surface area contributed by atoms with Crippen molar-refractivity contribution in [2.75, 3.05) is 6.54 Å². The summed E-state index contributed by atoms with van der Waals surface area (Å²) >= 11 is 0. The average Bonchev–Trinajstić information content (AvgIpc) is 2.99. The number of carbonyl (C=O) groups excluding carboxylic acids is 1. The average molecular weight is 283 g/mol. The predicted octanol–water partition coefficient (Wildman–Crippen LogP) is 2.91. The van der Waals surface area contributed by atoms with Crippen LogP contribution >= 0.6 is 0 Å². The van der Waals surface area contributed by atoms with E-state index in [0.717, 1.165) is 11.4 Å². The zero-order chi connectivity index (χ0) is 15.1. The van der Waals surface area contributed by atoms with Gasteiger partial charge in [-0.1, -0.05) is 38.1 Å². The zero-order valence-corrected chi connectivity index (χ0v) is 12.5. The minimum atomic E-state index is -0.0884. The number of H-pyrrole nitrogens is 1. The standard InChI is InChI=1S/C17H21N3O/c1-13(2)15-6-3-14(4-7-15)5-8-17(21)20-10-9-16-18-11-12-19-16/h3-8,11-13H,9-10H2,1-2H3,(H,18,19)(H,20,21)/b8-5+. The van der Waals surface area contributed by atoms with Gasteiger partial charge in [-0.15, -0.1) is 0 Å². The zero-order valence-electron chi connectivity index (χ0n) is 12.5. The van der Waals surface area contributed by atoms with Crippen LogP contribution in [0.25, 0.3) is 6.08 Å². The molecule has 0 radical (unpaired) electrons. The number of amides is 1. The lowest BCUT2D eigenvalue weighted by molar-refractivity contribution is -0.116. The van der Waals surface area contributed by atoms with E-state index in [9.17, 15) is 4.79 Å². The van der Waals surface area contributed by atoms with Crippen LogP contribution in [-0.2, 0) is 11.2 Å². The molecular weight excluding hydrogens is 262 g/mol. The molecule has 1 amide bonds. The van der Waals surface area contributed by atoms with Gasteiger partial charge in [0.15, 0.2) is 0 Å². The van der Waals surface area contributed by atoms with E-state index in [1.54, 1.807) is 18.5 Å². The van der Waals surface area contributed by atoms with Gasteiger partial charge in [0.1, 0.15) is 5.82 Å². The van der Waals surface area contributed by atoms with Crippen LogP contribution in [0.1, 0.15) is 36.7 Å². The van der Waals surface area contributed by atoms with Crippen LogP contribution in [0.15, 0.2) is 42.7 Å². The first kappa shape index (κ1) is 15.0. The number of hydrogen-bond donors (Lipinski definition) is 2. The number of benzene rings is 1. The fourth-order valence-corrected chi connectivity index (χ4v) is 1.96. The predicted molar refractivity (Wildman–Crippen MR) is 84.9 cm³/mol. The molecule has 0 spiro atoms. The number of aromatic amines is 1. The molecule has 0 atom stereocenters. The first-order valence-corrected chi connectivity index (χ1v) is 7.19. The van der Waals surface area contributed by atoms with Crippen LogP contribution in [0.5, 0.6) is 0 Å². The molecule has 0 unspecified atom stereocenters. The van der Waals surface area contributed by atoms with Crippen molar-refractivity contribution in [2.45, 2.75) is 26.2 Å². The van der Waals surface area contributed by atoms with Crippen molar-refractivity contribution in [2.24, 2.45) is 0 Å². The fraction of sp³-hybridized carbons (Fsp3) is 0.294. The van der Waals surface area contributed by atoms with Crippen molar-refractivity contribution in [1.82, 2.24) is 15.3 Å². The molecule has 2 aromatic rings. The van der Waals surface area contributed by atoms with Gasteiger partial charge < -0.3 is 10.3 Å². The van der Waals surface area contributed by atoms with E-state index in [2.05, 4.69) is 41.3 Å². The summed E-state index contributed by atoms with van der Waals surface area (Å²) in [6, 6.07) is 8.25. The molecule has 2 N–H and O–H groups in total. The molecule has 110 valence electrons. The summed E-state index contributed by atoms with van der Waals surface area (Å²) in [5.41, 5.74) is 2.33. The molecule has 0 aliphatic heterocycles. The molecule has 2 rings (SSSR count). The lowest BCUT2D eigenvalue weighted by Gasteiger charge is -2.04. The summed E-state index contributed by atoms with van der Waals surface area (Å²) in [5.74, 6) is 1.31. The number of nitrogens with one attached hydrogen (secondary N) is 2. The van der Waals surface area contributed by atoms with Crippen LogP contribution in [0.4, 0.5) is 0 Å². The molecule has 0 saturated carbocycles. The molecule has 1 aromatic carbocycles. The van der Waals surface area contributed by atoms with Gasteiger partial charge in [0, 0.05) is 31.4 Å². The Hall–Kier alpha value is -2.36. The lowest BCUT2D eigenvalue weighted by atomic mass is 10.0. The van der Waals surface area contributed by atoms with Gasteiger partial charge in [0.25, 0.3) is 0 Å². The summed E-state index contributed by atoms with van der Waals surface area (Å²) < 4.78 is 0. The van der Waals surface area contributed by atoms with Crippen LogP contribution in [-0.4, -0.2) is 22.4 Å². The molecule has 21 heavy (non-hydrogen) atoms. The second kappa shape index (κ2) is 7.43. The largest absolute Gasteiger partial charge is 0.352 e. The minimum Gasteiger partial charge on any atom is -0.352 e. The van der Waals surface area contributed by atoms with E-state index in [4.69, 9.17) is 0 Å². The topological polar surface area (TPSA) is 57.8 Å². The van der Waals surface area contributed by atoms with E-state index in [1.807, 2.05) is 18.2 Å². The first-order chi connectivity index (χ1) is 10.1. The van der Waals surface area contributed by atoms with E-state index >= 15 is 0 Å². The Morgan fingerprint density at radius 2 is 2.10 bits per heavy atom. The SMILES string of the molecule is CC(C)c1ccc(/C=C/C(=O)NCCc2ncc[nH]2)cc1. The maximum Gasteiger partial charge on any atom is 0.244 e. The second-order valence-corrected chi connectivity index (χ2v) is 5.23. The highest BCUT2D eigenvalue weighted by Gasteiger charge is 1.99. The highest BCUT2D eigenvalue weighted by molar-refractivity contribution is 5.91. The Morgan fingerprint density at radius 3 is 2.71 bits per heavy atom. The molecule has 1 heterocycles. The number of aromatic nitrogens is 2. The molecule has 0 bridgehead atoms. The van der Waals surface area contributed by atoms with Crippen molar-refractivity contribution in [1.29, 1.82) is 0 Å². The Balaban J connectivity index is 1.78. The van der Waals surface area contributed by atoms with Gasteiger partial charge in [-0.25, -0.2) is 4.98 Å². The number of nitrogens with zero attached hydrogens (tertiary/aromatic N) is 1. The molecule has 4 nitrogen and oxygen atoms in total. The van der Waals surface area contributed by atoms with Gasteiger partial charge in [0.05, 0.1) is 0 Å². The fourth-order valence-electron chi connectivity index (χ4n) is 1.96. The van der Waals surface area contributed by atoms with Crippen molar-refractivity contribution >= 4 is 12.0 Å². The maximum absolute atomic E-state index is 11.7. The van der Waals surface area contributed by atoms with Crippen LogP contribution in [0.2, 0.25) is 0 Å². The third kappa shape index (κ3) is 4.91. The van der Waals surface area contributed by atoms with E-state index < -0.39 is 0 Å². The molecular formula is C17H21N3O. The van der Waals surface area contributed by atoms with Crippen molar-refractivity contribution < 1.29 is 4.79 Å². The number of carbonyl (C=O) groups is 1. The van der Waals surface area contributed by atoms with Crippen LogP contribution in [0.3, 0.4) is 0 Å². The summed E-state index contributed by atoms with van der Waals surface area (Å²) in [6.07, 6.45) is 7.57. The number of hydrogen-bond acceptors (Lipinski definition) is 2. The van der Waals surface area contributed by atoms with E-state index in [0.29, 0.717) is 18.9 Å². The lowest BCUT2D eigenvalue weighted by Crippen LogP contribution is -2.23. The van der Waals surface area contributed by atoms with E-state index in [-0.39, 0.29) is 5.91 Å². The molecule has 4 heteroatoms.